The van der Waals surface area contributed by atoms with Gasteiger partial charge in [-0.1, -0.05) is 13.8 Å². The fraction of sp³-hybridized carbons (Fsp3) is 0.818. The SMILES string of the molecule is CC(=O)N1CCC2(CC1)CC(c1nnc(C(C)C)o1)N(CC(=O)N1CCCCC1)C2. The van der Waals surface area contributed by atoms with Crippen LogP contribution in [0.1, 0.15) is 83.0 Å². The molecule has 0 bridgehead atoms. The minimum atomic E-state index is -0.0254. The molecule has 30 heavy (non-hydrogen) atoms. The van der Waals surface area contributed by atoms with Gasteiger partial charge in [-0.25, -0.2) is 0 Å². The van der Waals surface area contributed by atoms with Crippen molar-refractivity contribution in [1.29, 1.82) is 0 Å². The van der Waals surface area contributed by atoms with Crippen LogP contribution in [0.25, 0.3) is 0 Å². The Hall–Kier alpha value is -1.96. The van der Waals surface area contributed by atoms with Gasteiger partial charge in [-0.3, -0.25) is 14.5 Å². The van der Waals surface area contributed by atoms with E-state index < -0.39 is 0 Å². The molecule has 0 N–H and O–H groups in total. The van der Waals surface area contributed by atoms with E-state index in [4.69, 9.17) is 4.42 Å². The zero-order valence-corrected chi connectivity index (χ0v) is 18.6. The molecule has 1 spiro atoms. The highest BCUT2D eigenvalue weighted by atomic mass is 16.4. The molecule has 2 amide bonds. The highest BCUT2D eigenvalue weighted by Gasteiger charge is 2.48. The Balaban J connectivity index is 1.51. The molecule has 4 heterocycles. The topological polar surface area (TPSA) is 82.8 Å². The summed E-state index contributed by atoms with van der Waals surface area (Å²) in [6.45, 7) is 10.3. The molecule has 1 unspecified atom stereocenters. The van der Waals surface area contributed by atoms with Gasteiger partial charge < -0.3 is 14.2 Å². The van der Waals surface area contributed by atoms with Crippen LogP contribution in [0.4, 0.5) is 0 Å². The molecule has 8 nitrogen and oxygen atoms in total. The Labute approximate surface area is 179 Å². The number of carbonyl (C=O) groups is 2. The van der Waals surface area contributed by atoms with E-state index in [0.29, 0.717) is 18.3 Å². The molecule has 3 aliphatic heterocycles. The summed E-state index contributed by atoms with van der Waals surface area (Å²) in [7, 11) is 0. The Bertz CT molecular complexity index is 763. The molecule has 4 rings (SSSR count). The minimum Gasteiger partial charge on any atom is -0.423 e. The minimum absolute atomic E-state index is 0.0254. The van der Waals surface area contributed by atoms with Gasteiger partial charge in [0.1, 0.15) is 0 Å². The maximum Gasteiger partial charge on any atom is 0.236 e. The first-order valence-electron chi connectivity index (χ1n) is 11.5. The predicted molar refractivity (Wildman–Crippen MR) is 112 cm³/mol. The van der Waals surface area contributed by atoms with Crippen LogP contribution in [-0.2, 0) is 9.59 Å². The zero-order chi connectivity index (χ0) is 21.3. The maximum atomic E-state index is 13.0. The highest BCUT2D eigenvalue weighted by molar-refractivity contribution is 5.78. The van der Waals surface area contributed by atoms with E-state index in [1.165, 1.54) is 6.42 Å². The third-order valence-electron chi connectivity index (χ3n) is 7.16. The molecule has 0 radical (unpaired) electrons. The molecule has 3 saturated heterocycles. The molecule has 1 atom stereocenters. The van der Waals surface area contributed by atoms with Gasteiger partial charge in [-0.15, -0.1) is 10.2 Å². The molecular formula is C22H35N5O3. The molecule has 166 valence electrons. The van der Waals surface area contributed by atoms with Crippen molar-refractivity contribution in [1.82, 2.24) is 24.9 Å². The van der Waals surface area contributed by atoms with Crippen molar-refractivity contribution in [3.63, 3.8) is 0 Å². The second kappa shape index (κ2) is 8.65. The molecule has 3 aliphatic rings. The number of piperidine rings is 2. The Morgan fingerprint density at radius 2 is 1.77 bits per heavy atom. The van der Waals surface area contributed by atoms with E-state index in [0.717, 1.165) is 64.8 Å². The largest absolute Gasteiger partial charge is 0.423 e. The van der Waals surface area contributed by atoms with Gasteiger partial charge >= 0.3 is 0 Å². The van der Waals surface area contributed by atoms with Gasteiger partial charge in [0.2, 0.25) is 23.6 Å². The van der Waals surface area contributed by atoms with Crippen LogP contribution >= 0.6 is 0 Å². The molecule has 1 aromatic rings. The number of amides is 2. The highest BCUT2D eigenvalue weighted by Crippen LogP contribution is 2.48. The summed E-state index contributed by atoms with van der Waals surface area (Å²) < 4.78 is 6.03. The second-order valence-corrected chi connectivity index (χ2v) is 9.71. The van der Waals surface area contributed by atoms with E-state index in [2.05, 4.69) is 15.1 Å². The van der Waals surface area contributed by atoms with Crippen molar-refractivity contribution >= 4 is 11.8 Å². The summed E-state index contributed by atoms with van der Waals surface area (Å²) in [6.07, 6.45) is 6.24. The fourth-order valence-corrected chi connectivity index (χ4v) is 5.24. The van der Waals surface area contributed by atoms with Crippen LogP contribution < -0.4 is 0 Å². The number of hydrogen-bond acceptors (Lipinski definition) is 6. The lowest BCUT2D eigenvalue weighted by Gasteiger charge is -2.39. The second-order valence-electron chi connectivity index (χ2n) is 9.71. The Morgan fingerprint density at radius 1 is 1.07 bits per heavy atom. The predicted octanol–water partition coefficient (Wildman–Crippen LogP) is 2.58. The van der Waals surface area contributed by atoms with Crippen molar-refractivity contribution in [2.45, 2.75) is 71.3 Å². The van der Waals surface area contributed by atoms with Crippen LogP contribution in [0, 0.1) is 5.41 Å². The molecule has 0 aromatic carbocycles. The molecule has 0 aliphatic carbocycles. The number of nitrogens with zero attached hydrogens (tertiary/aromatic N) is 5. The summed E-state index contributed by atoms with van der Waals surface area (Å²) >= 11 is 0. The summed E-state index contributed by atoms with van der Waals surface area (Å²) in [4.78, 5) is 31.0. The van der Waals surface area contributed by atoms with Crippen molar-refractivity contribution in [3.8, 4) is 0 Å². The number of likely N-dealkylation sites (tertiary alicyclic amines) is 3. The first-order chi connectivity index (χ1) is 14.4. The molecule has 1 aromatic heterocycles. The van der Waals surface area contributed by atoms with Crippen molar-refractivity contribution in [2.24, 2.45) is 5.41 Å². The summed E-state index contributed by atoms with van der Waals surface area (Å²) in [5, 5.41) is 8.60. The fourth-order valence-electron chi connectivity index (χ4n) is 5.24. The summed E-state index contributed by atoms with van der Waals surface area (Å²) in [5.74, 6) is 1.83. The van der Waals surface area contributed by atoms with Crippen molar-refractivity contribution in [3.05, 3.63) is 11.8 Å². The van der Waals surface area contributed by atoms with Gasteiger partial charge in [-0.05, 0) is 43.9 Å². The third-order valence-corrected chi connectivity index (χ3v) is 7.16. The lowest BCUT2D eigenvalue weighted by molar-refractivity contribution is -0.133. The van der Waals surface area contributed by atoms with Crippen LogP contribution in [0.15, 0.2) is 4.42 Å². The smallest absolute Gasteiger partial charge is 0.236 e. The quantitative estimate of drug-likeness (QED) is 0.749. The molecule has 0 saturated carbocycles. The van der Waals surface area contributed by atoms with Gasteiger partial charge in [0.25, 0.3) is 0 Å². The lowest BCUT2D eigenvalue weighted by Crippen LogP contribution is -2.45. The molecule has 8 heteroatoms. The average Bonchev–Trinajstić information content (AvgIpc) is 3.35. The Kier molecular flexibility index (Phi) is 6.14. The van der Waals surface area contributed by atoms with E-state index >= 15 is 0 Å². The normalized spacial score (nSPS) is 24.7. The Morgan fingerprint density at radius 3 is 2.37 bits per heavy atom. The maximum absolute atomic E-state index is 13.0. The van der Waals surface area contributed by atoms with Crippen LogP contribution in [0.3, 0.4) is 0 Å². The van der Waals surface area contributed by atoms with E-state index in [1.807, 2.05) is 23.6 Å². The van der Waals surface area contributed by atoms with Gasteiger partial charge in [0.15, 0.2) is 0 Å². The van der Waals surface area contributed by atoms with Crippen molar-refractivity contribution < 1.29 is 14.0 Å². The van der Waals surface area contributed by atoms with Crippen LogP contribution in [0.2, 0.25) is 0 Å². The lowest BCUT2D eigenvalue weighted by atomic mass is 9.76. The number of carbonyl (C=O) groups excluding carboxylic acids is 2. The number of rotatable bonds is 4. The van der Waals surface area contributed by atoms with Crippen molar-refractivity contribution in [2.75, 3.05) is 39.3 Å². The number of aromatic nitrogens is 2. The van der Waals surface area contributed by atoms with Gasteiger partial charge in [0, 0.05) is 45.6 Å². The van der Waals surface area contributed by atoms with E-state index in [9.17, 15) is 9.59 Å². The average molecular weight is 418 g/mol. The summed E-state index contributed by atoms with van der Waals surface area (Å²) in [6, 6.07) is -0.0254. The van der Waals surface area contributed by atoms with Gasteiger partial charge in [0.05, 0.1) is 12.6 Å². The van der Waals surface area contributed by atoms with E-state index in [1.54, 1.807) is 6.92 Å². The molecule has 3 fully saturated rings. The van der Waals surface area contributed by atoms with E-state index in [-0.39, 0.29) is 29.2 Å². The summed E-state index contributed by atoms with van der Waals surface area (Å²) in [5.41, 5.74) is 0.102. The molecular weight excluding hydrogens is 382 g/mol. The van der Waals surface area contributed by atoms with Crippen LogP contribution in [-0.4, -0.2) is 76.0 Å². The first kappa shape index (κ1) is 21.3. The van der Waals surface area contributed by atoms with Gasteiger partial charge in [-0.2, -0.15) is 0 Å². The van der Waals surface area contributed by atoms with Crippen LogP contribution in [0.5, 0.6) is 0 Å². The third kappa shape index (κ3) is 4.38. The number of hydrogen-bond donors (Lipinski definition) is 0. The standard InChI is InChI=1S/C22H35N5O3/c1-16(2)20-23-24-21(30-20)18-13-22(7-11-25(12-8-22)17(3)28)15-27(18)14-19(29)26-9-5-4-6-10-26/h16,18H,4-15H2,1-3H3. The zero-order valence-electron chi connectivity index (χ0n) is 18.6. The monoisotopic (exact) mass is 417 g/mol. The first-order valence-corrected chi connectivity index (χ1v) is 11.5.